The Morgan fingerprint density at radius 1 is 1.26 bits per heavy atom. The molecule has 0 radical (unpaired) electrons. The van der Waals surface area contributed by atoms with Crippen molar-refractivity contribution in [2.45, 2.75) is 5.60 Å². The Morgan fingerprint density at radius 3 is 2.93 bits per heavy atom. The monoisotopic (exact) mass is 383 g/mol. The minimum absolute atomic E-state index is 0.0252. The first-order chi connectivity index (χ1) is 13.1. The molecule has 138 valence electrons. The van der Waals surface area contributed by atoms with Crippen molar-refractivity contribution < 1.29 is 23.8 Å². The predicted octanol–water partition coefficient (Wildman–Crippen LogP) is 3.14. The van der Waals surface area contributed by atoms with Gasteiger partial charge in [-0.2, -0.15) is 0 Å². The lowest BCUT2D eigenvalue weighted by atomic mass is 9.94. The first kappa shape index (κ1) is 17.4. The molecule has 0 fully saturated rings. The molecule has 2 N–H and O–H groups in total. The number of rotatable bonds is 6. The zero-order chi connectivity index (χ0) is 18.7. The largest absolute Gasteiger partial charge is 0.472 e. The van der Waals surface area contributed by atoms with E-state index < -0.39 is 5.60 Å². The van der Waals surface area contributed by atoms with Crippen molar-refractivity contribution in [3.8, 4) is 11.5 Å². The summed E-state index contributed by atoms with van der Waals surface area (Å²) in [6.45, 7) is 0.232. The van der Waals surface area contributed by atoms with Gasteiger partial charge in [0.15, 0.2) is 11.5 Å². The number of fused-ring (bicyclic) bond motifs is 1. The van der Waals surface area contributed by atoms with Crippen LogP contribution in [0.5, 0.6) is 11.5 Å². The lowest BCUT2D eigenvalue weighted by Gasteiger charge is -2.26. The van der Waals surface area contributed by atoms with Gasteiger partial charge in [0.1, 0.15) is 5.60 Å². The number of nitrogens with one attached hydrogen (secondary N) is 1. The van der Waals surface area contributed by atoms with E-state index in [-0.39, 0.29) is 19.2 Å². The molecule has 1 aliphatic heterocycles. The van der Waals surface area contributed by atoms with Crippen LogP contribution >= 0.6 is 11.3 Å². The normalized spacial score (nSPS) is 15.0. The lowest BCUT2D eigenvalue weighted by molar-refractivity contribution is -0.117. The van der Waals surface area contributed by atoms with Crippen LogP contribution in [0.25, 0.3) is 6.08 Å². The van der Waals surface area contributed by atoms with Crippen LogP contribution in [0.15, 0.2) is 64.8 Å². The average Bonchev–Trinajstić information content (AvgIpc) is 3.45. The molecule has 2 aromatic heterocycles. The standard InChI is InChI=1S/C20H17NO5S/c22-19(6-4-14-3-5-16-17(10-14)26-13-25-16)21-12-20(23,15-7-8-24-11-15)18-2-1-9-27-18/h1-11,23H,12-13H2,(H,21,22)/b6-4+/t20-/m1/s1. The number of furan rings is 1. The summed E-state index contributed by atoms with van der Waals surface area (Å²) in [7, 11) is 0. The SMILES string of the molecule is O=C(/C=C/c1ccc2c(c1)OCO2)NC[C@@](O)(c1ccoc1)c1cccs1. The number of benzene rings is 1. The maximum atomic E-state index is 12.3. The second-order valence-corrected chi connectivity index (χ2v) is 6.96. The van der Waals surface area contributed by atoms with Crippen molar-refractivity contribution in [2.75, 3.05) is 13.3 Å². The van der Waals surface area contributed by atoms with Crippen LogP contribution in [0.3, 0.4) is 0 Å². The Kier molecular flexibility index (Phi) is 4.70. The van der Waals surface area contributed by atoms with E-state index >= 15 is 0 Å². The van der Waals surface area contributed by atoms with E-state index in [1.165, 1.54) is 29.9 Å². The van der Waals surface area contributed by atoms with Crippen LogP contribution in [0, 0.1) is 0 Å². The van der Waals surface area contributed by atoms with Crippen molar-refractivity contribution in [3.05, 3.63) is 76.4 Å². The van der Waals surface area contributed by atoms with Crippen molar-refractivity contribution in [3.63, 3.8) is 0 Å². The molecule has 1 atom stereocenters. The van der Waals surface area contributed by atoms with Crippen LogP contribution < -0.4 is 14.8 Å². The molecular weight excluding hydrogens is 366 g/mol. The molecule has 0 saturated carbocycles. The molecule has 0 spiro atoms. The first-order valence-corrected chi connectivity index (χ1v) is 9.18. The molecule has 1 aliphatic rings. The van der Waals surface area contributed by atoms with Gasteiger partial charge >= 0.3 is 0 Å². The van der Waals surface area contributed by atoms with Crippen molar-refractivity contribution in [2.24, 2.45) is 0 Å². The summed E-state index contributed by atoms with van der Waals surface area (Å²) in [5, 5.41) is 15.8. The zero-order valence-electron chi connectivity index (χ0n) is 14.3. The molecule has 3 heterocycles. The van der Waals surface area contributed by atoms with E-state index in [2.05, 4.69) is 5.32 Å². The van der Waals surface area contributed by atoms with Gasteiger partial charge < -0.3 is 24.3 Å². The number of ether oxygens (including phenoxy) is 2. The molecule has 0 unspecified atom stereocenters. The quantitative estimate of drug-likeness (QED) is 0.639. The zero-order valence-corrected chi connectivity index (χ0v) is 15.1. The Balaban J connectivity index is 1.44. The highest BCUT2D eigenvalue weighted by molar-refractivity contribution is 7.10. The van der Waals surface area contributed by atoms with Gasteiger partial charge in [0.05, 0.1) is 19.1 Å². The average molecular weight is 383 g/mol. The second-order valence-electron chi connectivity index (χ2n) is 6.01. The lowest BCUT2D eigenvalue weighted by Crippen LogP contribution is -2.40. The second kappa shape index (κ2) is 7.30. The summed E-state index contributed by atoms with van der Waals surface area (Å²) in [5.74, 6) is 1.04. The fraction of sp³-hybridized carbons (Fsp3) is 0.150. The molecule has 7 heteroatoms. The molecule has 4 rings (SSSR count). The smallest absolute Gasteiger partial charge is 0.244 e. The van der Waals surface area contributed by atoms with E-state index in [1.807, 2.05) is 23.6 Å². The van der Waals surface area contributed by atoms with Gasteiger partial charge in [0, 0.05) is 16.5 Å². The summed E-state index contributed by atoms with van der Waals surface area (Å²) in [4.78, 5) is 13.0. The van der Waals surface area contributed by atoms with Crippen molar-refractivity contribution in [1.29, 1.82) is 0 Å². The summed E-state index contributed by atoms with van der Waals surface area (Å²) in [5.41, 5.74) is 0.0615. The molecule has 0 bridgehead atoms. The van der Waals surface area contributed by atoms with Gasteiger partial charge in [0.25, 0.3) is 0 Å². The van der Waals surface area contributed by atoms with E-state index in [1.54, 1.807) is 24.3 Å². The van der Waals surface area contributed by atoms with Gasteiger partial charge in [-0.15, -0.1) is 11.3 Å². The highest BCUT2D eigenvalue weighted by Crippen LogP contribution is 2.33. The van der Waals surface area contributed by atoms with Gasteiger partial charge in [0.2, 0.25) is 12.7 Å². The van der Waals surface area contributed by atoms with Gasteiger partial charge in [-0.1, -0.05) is 12.1 Å². The number of carbonyl (C=O) groups excluding carboxylic acids is 1. The van der Waals surface area contributed by atoms with Crippen LogP contribution in [0.1, 0.15) is 16.0 Å². The number of hydrogen-bond donors (Lipinski definition) is 2. The molecule has 3 aromatic rings. The summed E-state index contributed by atoms with van der Waals surface area (Å²) < 4.78 is 15.7. The third-order valence-electron chi connectivity index (χ3n) is 4.27. The molecule has 1 aromatic carbocycles. The maximum absolute atomic E-state index is 12.3. The number of carbonyl (C=O) groups is 1. The van der Waals surface area contributed by atoms with Crippen LogP contribution in [0.2, 0.25) is 0 Å². The number of hydrogen-bond acceptors (Lipinski definition) is 6. The number of aliphatic hydroxyl groups is 1. The van der Waals surface area contributed by atoms with Crippen LogP contribution in [0.4, 0.5) is 0 Å². The fourth-order valence-corrected chi connectivity index (χ4v) is 3.65. The molecule has 0 saturated heterocycles. The van der Waals surface area contributed by atoms with Gasteiger partial charge in [-0.05, 0) is 41.3 Å². The third-order valence-corrected chi connectivity index (χ3v) is 5.29. The molecule has 1 amide bonds. The van der Waals surface area contributed by atoms with Crippen LogP contribution in [-0.2, 0) is 10.4 Å². The van der Waals surface area contributed by atoms with Crippen LogP contribution in [-0.4, -0.2) is 24.4 Å². The van der Waals surface area contributed by atoms with Crippen molar-refractivity contribution in [1.82, 2.24) is 5.32 Å². The van der Waals surface area contributed by atoms with E-state index in [0.717, 1.165) is 10.4 Å². The third kappa shape index (κ3) is 3.60. The van der Waals surface area contributed by atoms with Gasteiger partial charge in [-0.3, -0.25) is 4.79 Å². The van der Waals surface area contributed by atoms with Crippen molar-refractivity contribution >= 4 is 23.3 Å². The predicted molar refractivity (Wildman–Crippen MR) is 101 cm³/mol. The van der Waals surface area contributed by atoms with Gasteiger partial charge in [-0.25, -0.2) is 0 Å². The molecule has 0 aliphatic carbocycles. The maximum Gasteiger partial charge on any atom is 0.244 e. The van der Waals surface area contributed by atoms with E-state index in [9.17, 15) is 9.90 Å². The molecule has 27 heavy (non-hydrogen) atoms. The fourth-order valence-electron chi connectivity index (χ4n) is 2.81. The number of thiophene rings is 1. The highest BCUT2D eigenvalue weighted by Gasteiger charge is 2.34. The summed E-state index contributed by atoms with van der Waals surface area (Å²) in [6, 6.07) is 10.8. The Bertz CT molecular complexity index is 913. The van der Waals surface area contributed by atoms with E-state index in [0.29, 0.717) is 17.1 Å². The Labute approximate surface area is 159 Å². The summed E-state index contributed by atoms with van der Waals surface area (Å²) >= 11 is 1.41. The first-order valence-electron chi connectivity index (χ1n) is 8.30. The molecule has 6 nitrogen and oxygen atoms in total. The number of amides is 1. The minimum Gasteiger partial charge on any atom is -0.472 e. The highest BCUT2D eigenvalue weighted by atomic mass is 32.1. The molecular formula is C20H17NO5S. The van der Waals surface area contributed by atoms with E-state index in [4.69, 9.17) is 13.9 Å². The topological polar surface area (TPSA) is 80.9 Å². The minimum atomic E-state index is -1.34. The Hall–Kier alpha value is -3.03. The Morgan fingerprint density at radius 2 is 2.15 bits per heavy atom. The summed E-state index contributed by atoms with van der Waals surface area (Å²) in [6.07, 6.45) is 6.07.